The van der Waals surface area contributed by atoms with Crippen molar-refractivity contribution in [1.82, 2.24) is 4.72 Å². The van der Waals surface area contributed by atoms with Gasteiger partial charge in [0.15, 0.2) is 11.5 Å². The maximum atomic E-state index is 12.3. The average molecular weight is 398 g/mol. The van der Waals surface area contributed by atoms with Gasteiger partial charge in [-0.15, -0.1) is 0 Å². The summed E-state index contributed by atoms with van der Waals surface area (Å²) >= 11 is 3.37. The molecule has 7 heteroatoms. The number of halogens is 1. The van der Waals surface area contributed by atoms with Gasteiger partial charge in [-0.2, -0.15) is 0 Å². The van der Waals surface area contributed by atoms with Gasteiger partial charge in [0.05, 0.1) is 4.90 Å². The molecule has 0 spiro atoms. The van der Waals surface area contributed by atoms with Crippen LogP contribution in [0.2, 0.25) is 0 Å². The van der Waals surface area contributed by atoms with Crippen LogP contribution in [-0.2, 0) is 23.0 Å². The first-order valence-corrected chi connectivity index (χ1v) is 9.72. The Morgan fingerprint density at radius 3 is 2.43 bits per heavy atom. The molecule has 0 fully saturated rings. The molecule has 1 N–H and O–H groups in total. The number of hydrogen-bond donors (Lipinski definition) is 1. The van der Waals surface area contributed by atoms with Crippen molar-refractivity contribution in [3.05, 3.63) is 53.6 Å². The predicted octanol–water partition coefficient (Wildman–Crippen LogP) is 2.83. The van der Waals surface area contributed by atoms with E-state index in [0.29, 0.717) is 11.5 Å². The van der Waals surface area contributed by atoms with Crippen LogP contribution in [-0.4, -0.2) is 20.5 Å². The topological polar surface area (TPSA) is 64.6 Å². The fourth-order valence-electron chi connectivity index (χ4n) is 2.26. The highest BCUT2D eigenvalue weighted by molar-refractivity contribution is 9.09. The molecule has 0 atom stereocenters. The van der Waals surface area contributed by atoms with Crippen molar-refractivity contribution in [2.45, 2.75) is 17.9 Å². The molecular weight excluding hydrogens is 382 g/mol. The predicted molar refractivity (Wildman–Crippen MR) is 90.5 cm³/mol. The van der Waals surface area contributed by atoms with E-state index in [4.69, 9.17) is 9.47 Å². The molecule has 0 aliphatic carbocycles. The summed E-state index contributed by atoms with van der Waals surface area (Å²) in [7, 11) is -3.54. The van der Waals surface area contributed by atoms with Crippen molar-refractivity contribution in [3.63, 3.8) is 0 Å². The lowest BCUT2D eigenvalue weighted by molar-refractivity contribution is 0.174. The summed E-state index contributed by atoms with van der Waals surface area (Å²) in [6.45, 7) is 0.396. The zero-order valence-electron chi connectivity index (χ0n) is 12.3. The quantitative estimate of drug-likeness (QED) is 0.761. The highest BCUT2D eigenvalue weighted by Crippen LogP contribution is 2.32. The van der Waals surface area contributed by atoms with Gasteiger partial charge in [0.1, 0.15) is 0 Å². The third-order valence-corrected chi connectivity index (χ3v) is 5.33. The van der Waals surface area contributed by atoms with Gasteiger partial charge < -0.3 is 9.47 Å². The second-order valence-corrected chi connectivity index (χ2v) is 7.66. The van der Waals surface area contributed by atoms with E-state index in [0.717, 1.165) is 22.9 Å². The van der Waals surface area contributed by atoms with Crippen LogP contribution < -0.4 is 14.2 Å². The van der Waals surface area contributed by atoms with Crippen molar-refractivity contribution in [3.8, 4) is 11.5 Å². The largest absolute Gasteiger partial charge is 0.454 e. The molecule has 0 unspecified atom stereocenters. The van der Waals surface area contributed by atoms with E-state index in [9.17, 15) is 8.42 Å². The van der Waals surface area contributed by atoms with Gasteiger partial charge in [-0.05, 0) is 41.8 Å². The molecule has 2 aromatic carbocycles. The lowest BCUT2D eigenvalue weighted by Gasteiger charge is -2.08. The number of sulfonamides is 1. The first kappa shape index (κ1) is 16.3. The number of fused-ring (bicyclic) bond motifs is 1. The van der Waals surface area contributed by atoms with Gasteiger partial charge in [-0.3, -0.25) is 0 Å². The summed E-state index contributed by atoms with van der Waals surface area (Å²) < 4.78 is 37.8. The average Bonchev–Trinajstić information content (AvgIpc) is 3.01. The number of hydrogen-bond acceptors (Lipinski definition) is 4. The molecule has 0 amide bonds. The van der Waals surface area contributed by atoms with Gasteiger partial charge in [0.25, 0.3) is 0 Å². The van der Waals surface area contributed by atoms with E-state index < -0.39 is 10.0 Å². The van der Waals surface area contributed by atoms with Crippen molar-refractivity contribution in [2.75, 3.05) is 12.1 Å². The zero-order chi connectivity index (χ0) is 16.3. The fourth-order valence-corrected chi connectivity index (χ4v) is 3.73. The molecule has 23 heavy (non-hydrogen) atoms. The Morgan fingerprint density at radius 1 is 1.00 bits per heavy atom. The van der Waals surface area contributed by atoms with Crippen LogP contribution in [0.15, 0.2) is 47.4 Å². The van der Waals surface area contributed by atoms with Crippen LogP contribution in [0.4, 0.5) is 0 Å². The minimum atomic E-state index is -3.54. The summed E-state index contributed by atoms with van der Waals surface area (Å²) in [6, 6.07) is 12.3. The Bertz CT molecular complexity index is 790. The number of ether oxygens (including phenoxy) is 2. The minimum Gasteiger partial charge on any atom is -0.454 e. The highest BCUT2D eigenvalue weighted by Gasteiger charge is 2.16. The van der Waals surface area contributed by atoms with Crippen LogP contribution in [0.5, 0.6) is 11.5 Å². The van der Waals surface area contributed by atoms with Crippen molar-refractivity contribution < 1.29 is 17.9 Å². The Balaban J connectivity index is 1.68. The zero-order valence-corrected chi connectivity index (χ0v) is 14.7. The van der Waals surface area contributed by atoms with Crippen LogP contribution >= 0.6 is 15.9 Å². The van der Waals surface area contributed by atoms with Crippen molar-refractivity contribution in [1.29, 1.82) is 0 Å². The van der Waals surface area contributed by atoms with E-state index in [-0.39, 0.29) is 18.2 Å². The van der Waals surface area contributed by atoms with Gasteiger partial charge in [-0.25, -0.2) is 13.1 Å². The molecule has 0 bridgehead atoms. The van der Waals surface area contributed by atoms with Crippen LogP contribution in [0.1, 0.15) is 11.1 Å². The molecule has 2 aromatic rings. The van der Waals surface area contributed by atoms with Crippen molar-refractivity contribution >= 4 is 26.0 Å². The molecule has 5 nitrogen and oxygen atoms in total. The first-order chi connectivity index (χ1) is 11.1. The normalized spacial score (nSPS) is 13.3. The van der Waals surface area contributed by atoms with E-state index in [2.05, 4.69) is 20.7 Å². The summed E-state index contributed by atoms with van der Waals surface area (Å²) in [5.74, 6) is 1.32. The number of rotatable bonds is 6. The molecule has 1 aliphatic heterocycles. The standard InChI is InChI=1S/C16H16BrNO4S/c17-8-7-12-1-4-14(5-2-12)23(19,20)18-10-13-3-6-15-16(9-13)22-11-21-15/h1-6,9,18H,7-8,10-11H2. The summed E-state index contributed by atoms with van der Waals surface area (Å²) in [5, 5.41) is 0.849. The van der Waals surface area contributed by atoms with E-state index in [1.807, 2.05) is 18.2 Å². The Morgan fingerprint density at radius 2 is 1.70 bits per heavy atom. The van der Waals surface area contributed by atoms with Gasteiger partial charge in [-0.1, -0.05) is 34.1 Å². The van der Waals surface area contributed by atoms with E-state index in [1.165, 1.54) is 0 Å². The van der Waals surface area contributed by atoms with Crippen LogP contribution in [0.3, 0.4) is 0 Å². The number of alkyl halides is 1. The lowest BCUT2D eigenvalue weighted by atomic mass is 10.2. The first-order valence-electron chi connectivity index (χ1n) is 7.11. The highest BCUT2D eigenvalue weighted by atomic mass is 79.9. The SMILES string of the molecule is O=S(=O)(NCc1ccc2c(c1)OCO2)c1ccc(CCBr)cc1. The smallest absolute Gasteiger partial charge is 0.240 e. The van der Waals surface area contributed by atoms with Crippen LogP contribution in [0, 0.1) is 0 Å². The number of aryl methyl sites for hydroxylation is 1. The maximum absolute atomic E-state index is 12.3. The van der Waals surface area contributed by atoms with Gasteiger partial charge in [0.2, 0.25) is 16.8 Å². The van der Waals surface area contributed by atoms with Crippen molar-refractivity contribution in [2.24, 2.45) is 0 Å². The third-order valence-electron chi connectivity index (χ3n) is 3.52. The summed E-state index contributed by atoms with van der Waals surface area (Å²) in [4.78, 5) is 0.261. The van der Waals surface area contributed by atoms with E-state index in [1.54, 1.807) is 24.3 Å². The minimum absolute atomic E-state index is 0.197. The molecule has 1 heterocycles. The molecule has 122 valence electrons. The van der Waals surface area contributed by atoms with E-state index >= 15 is 0 Å². The monoisotopic (exact) mass is 397 g/mol. The maximum Gasteiger partial charge on any atom is 0.240 e. The van der Waals surface area contributed by atoms with Gasteiger partial charge >= 0.3 is 0 Å². The third kappa shape index (κ3) is 3.85. The Labute approximate surface area is 143 Å². The van der Waals surface area contributed by atoms with Crippen LogP contribution in [0.25, 0.3) is 0 Å². The number of benzene rings is 2. The molecule has 0 saturated carbocycles. The summed E-state index contributed by atoms with van der Waals surface area (Å²) in [6.07, 6.45) is 0.866. The second-order valence-electron chi connectivity index (χ2n) is 5.10. The molecular formula is C16H16BrNO4S. The molecule has 1 aliphatic rings. The summed E-state index contributed by atoms with van der Waals surface area (Å²) in [5.41, 5.74) is 1.91. The molecule has 0 saturated heterocycles. The Hall–Kier alpha value is -1.57. The lowest BCUT2D eigenvalue weighted by Crippen LogP contribution is -2.23. The second kappa shape index (κ2) is 6.90. The number of nitrogens with one attached hydrogen (secondary N) is 1. The molecule has 3 rings (SSSR count). The molecule has 0 radical (unpaired) electrons. The fraction of sp³-hybridized carbons (Fsp3) is 0.250. The van der Waals surface area contributed by atoms with Gasteiger partial charge in [0, 0.05) is 11.9 Å². The Kier molecular flexibility index (Phi) is 4.89. The molecule has 0 aromatic heterocycles.